The lowest BCUT2D eigenvalue weighted by Gasteiger charge is -2.30. The third kappa shape index (κ3) is 8.50. The number of amides is 3. The number of nitrogens with one attached hydrogen (secondary N) is 2. The highest BCUT2D eigenvalue weighted by molar-refractivity contribution is 5.94. The number of carbonyl (C=O) groups excluding carboxylic acids is 3. The number of aliphatic hydroxyl groups is 1. The molecule has 0 spiro atoms. The Hall–Kier alpha value is -2.93. The van der Waals surface area contributed by atoms with Crippen LogP contribution < -0.4 is 27.8 Å². The number of aliphatic hydroxyl groups excluding tert-OH is 1. The molecule has 1 rings (SSSR count). The fourth-order valence-corrected chi connectivity index (χ4v) is 3.55. The molecule has 5 atom stereocenters. The summed E-state index contributed by atoms with van der Waals surface area (Å²) < 4.78 is 0. The van der Waals surface area contributed by atoms with Crippen molar-refractivity contribution < 1.29 is 29.4 Å². The van der Waals surface area contributed by atoms with Gasteiger partial charge in [-0.15, -0.1) is 0 Å². The first-order chi connectivity index (χ1) is 15.5. The minimum Gasteiger partial charge on any atom is -0.480 e. The number of aliphatic carboxylic acids is 1. The Balaban J connectivity index is 2.76. The Labute approximate surface area is 193 Å². The monoisotopic (exact) mass is 471 g/mol. The number of nitrogens with zero attached hydrogens (tertiary/aromatic N) is 2. The summed E-state index contributed by atoms with van der Waals surface area (Å²) in [6, 6.07) is -4.18. The largest absolute Gasteiger partial charge is 0.480 e. The predicted molar refractivity (Wildman–Crippen MR) is 121 cm³/mol. The van der Waals surface area contributed by atoms with Crippen LogP contribution in [0.2, 0.25) is 0 Å². The maximum absolute atomic E-state index is 13.0. The molecule has 0 aliphatic carbocycles. The lowest BCUT2D eigenvalue weighted by atomic mass is 9.98. The summed E-state index contributed by atoms with van der Waals surface area (Å²) in [5.74, 6) is -3.35. The van der Waals surface area contributed by atoms with Gasteiger partial charge >= 0.3 is 5.97 Å². The van der Waals surface area contributed by atoms with Crippen LogP contribution in [-0.2, 0) is 19.2 Å². The highest BCUT2D eigenvalue weighted by atomic mass is 16.4. The number of carbonyl (C=O) groups is 4. The SMILES string of the molecule is CCC(C)C(NC(=O)C1CCCN1C(=O)C(CO)NC(=O)C(N)CCCN=C(N)N)C(=O)O. The van der Waals surface area contributed by atoms with Crippen LogP contribution in [0.1, 0.15) is 46.0 Å². The van der Waals surface area contributed by atoms with E-state index in [-0.39, 0.29) is 24.8 Å². The molecule has 188 valence electrons. The first-order valence-electron chi connectivity index (χ1n) is 11.1. The molecule has 5 unspecified atom stereocenters. The van der Waals surface area contributed by atoms with Crippen molar-refractivity contribution in [3.05, 3.63) is 0 Å². The number of guanidine groups is 1. The van der Waals surface area contributed by atoms with E-state index in [2.05, 4.69) is 15.6 Å². The summed E-state index contributed by atoms with van der Waals surface area (Å²) in [6.07, 6.45) is 2.13. The smallest absolute Gasteiger partial charge is 0.326 e. The molecule has 0 radical (unpaired) electrons. The van der Waals surface area contributed by atoms with E-state index < -0.39 is 54.5 Å². The summed E-state index contributed by atoms with van der Waals surface area (Å²) in [4.78, 5) is 54.7. The van der Waals surface area contributed by atoms with Gasteiger partial charge in [0.2, 0.25) is 17.7 Å². The molecule has 33 heavy (non-hydrogen) atoms. The molecule has 0 saturated carbocycles. The molecule has 1 heterocycles. The summed E-state index contributed by atoms with van der Waals surface area (Å²) in [6.45, 7) is 3.40. The second-order valence-corrected chi connectivity index (χ2v) is 8.20. The molecular formula is C20H37N7O6. The van der Waals surface area contributed by atoms with Crippen molar-refractivity contribution in [3.63, 3.8) is 0 Å². The number of carboxylic acids is 1. The van der Waals surface area contributed by atoms with E-state index in [0.717, 1.165) is 0 Å². The topological polar surface area (TPSA) is 226 Å². The highest BCUT2D eigenvalue weighted by Crippen LogP contribution is 2.20. The molecule has 1 fully saturated rings. The number of rotatable bonds is 13. The summed E-state index contributed by atoms with van der Waals surface area (Å²) in [5.41, 5.74) is 16.3. The van der Waals surface area contributed by atoms with Gasteiger partial charge in [0.25, 0.3) is 0 Å². The molecule has 0 aromatic rings. The van der Waals surface area contributed by atoms with E-state index in [4.69, 9.17) is 17.2 Å². The van der Waals surface area contributed by atoms with E-state index >= 15 is 0 Å². The van der Waals surface area contributed by atoms with Crippen molar-refractivity contribution in [3.8, 4) is 0 Å². The molecule has 1 saturated heterocycles. The predicted octanol–water partition coefficient (Wildman–Crippen LogP) is -2.55. The highest BCUT2D eigenvalue weighted by Gasteiger charge is 2.39. The Kier molecular flexibility index (Phi) is 11.6. The Morgan fingerprint density at radius 2 is 1.88 bits per heavy atom. The van der Waals surface area contributed by atoms with Crippen molar-refractivity contribution in [2.45, 2.75) is 70.1 Å². The molecule has 3 amide bonds. The maximum Gasteiger partial charge on any atom is 0.326 e. The molecular weight excluding hydrogens is 434 g/mol. The lowest BCUT2D eigenvalue weighted by molar-refractivity contribution is -0.146. The molecule has 0 aromatic carbocycles. The van der Waals surface area contributed by atoms with Gasteiger partial charge in [-0.05, 0) is 31.6 Å². The van der Waals surface area contributed by atoms with Crippen LogP contribution in [0.5, 0.6) is 0 Å². The summed E-state index contributed by atoms with van der Waals surface area (Å²) in [5, 5.41) is 24.0. The third-order valence-electron chi connectivity index (χ3n) is 5.72. The van der Waals surface area contributed by atoms with E-state index in [0.29, 0.717) is 32.2 Å². The molecule has 0 aromatic heterocycles. The zero-order valence-electron chi connectivity index (χ0n) is 19.2. The molecule has 1 aliphatic rings. The normalized spacial score (nSPS) is 19.2. The average molecular weight is 472 g/mol. The number of carboxylic acid groups (broad SMARTS) is 1. The number of aliphatic imine (C=N–C) groups is 1. The molecule has 13 nitrogen and oxygen atoms in total. The van der Waals surface area contributed by atoms with Crippen LogP contribution in [0.3, 0.4) is 0 Å². The Bertz CT molecular complexity index is 728. The minimum atomic E-state index is -1.28. The molecule has 1 aliphatic heterocycles. The minimum absolute atomic E-state index is 0.0676. The maximum atomic E-state index is 13.0. The van der Waals surface area contributed by atoms with Crippen LogP contribution >= 0.6 is 0 Å². The van der Waals surface area contributed by atoms with E-state index in [1.165, 1.54) is 4.90 Å². The Morgan fingerprint density at radius 1 is 1.21 bits per heavy atom. The zero-order chi connectivity index (χ0) is 25.1. The van der Waals surface area contributed by atoms with Crippen LogP contribution in [0.25, 0.3) is 0 Å². The van der Waals surface area contributed by atoms with Gasteiger partial charge in [0.15, 0.2) is 5.96 Å². The second kappa shape index (κ2) is 13.6. The number of nitrogens with two attached hydrogens (primary N) is 3. The fraction of sp³-hybridized carbons (Fsp3) is 0.750. The van der Waals surface area contributed by atoms with Crippen LogP contribution in [0.15, 0.2) is 4.99 Å². The molecule has 0 bridgehead atoms. The van der Waals surface area contributed by atoms with Gasteiger partial charge in [-0.1, -0.05) is 20.3 Å². The van der Waals surface area contributed by atoms with Crippen molar-refractivity contribution in [1.82, 2.24) is 15.5 Å². The van der Waals surface area contributed by atoms with Crippen molar-refractivity contribution in [1.29, 1.82) is 0 Å². The average Bonchev–Trinajstić information content (AvgIpc) is 3.26. The van der Waals surface area contributed by atoms with Gasteiger partial charge in [-0.2, -0.15) is 0 Å². The Morgan fingerprint density at radius 3 is 2.42 bits per heavy atom. The van der Waals surface area contributed by atoms with E-state index in [1.807, 2.05) is 6.92 Å². The van der Waals surface area contributed by atoms with Crippen LogP contribution in [-0.4, -0.2) is 88.6 Å². The summed E-state index contributed by atoms with van der Waals surface area (Å²) >= 11 is 0. The van der Waals surface area contributed by atoms with E-state index in [1.54, 1.807) is 6.92 Å². The zero-order valence-corrected chi connectivity index (χ0v) is 19.2. The van der Waals surface area contributed by atoms with Gasteiger partial charge in [0.05, 0.1) is 12.6 Å². The van der Waals surface area contributed by atoms with Crippen LogP contribution in [0, 0.1) is 5.92 Å². The summed E-state index contributed by atoms with van der Waals surface area (Å²) in [7, 11) is 0. The number of likely N-dealkylation sites (tertiary alicyclic amines) is 1. The van der Waals surface area contributed by atoms with Gasteiger partial charge in [-0.25, -0.2) is 4.79 Å². The van der Waals surface area contributed by atoms with Crippen LogP contribution in [0.4, 0.5) is 0 Å². The second-order valence-electron chi connectivity index (χ2n) is 8.20. The number of hydrogen-bond donors (Lipinski definition) is 7. The van der Waals surface area contributed by atoms with Crippen molar-refractivity contribution in [2.24, 2.45) is 28.1 Å². The van der Waals surface area contributed by atoms with Crippen molar-refractivity contribution in [2.75, 3.05) is 19.7 Å². The first-order valence-corrected chi connectivity index (χ1v) is 11.1. The van der Waals surface area contributed by atoms with Gasteiger partial charge in [0, 0.05) is 13.1 Å². The fourth-order valence-electron chi connectivity index (χ4n) is 3.55. The standard InChI is InChI=1S/C20H37N7O6/c1-3-11(2)15(19(32)33)26-17(30)14-7-5-9-27(14)18(31)13(10-28)25-16(29)12(21)6-4-8-24-20(22)23/h11-15,28H,3-10,21H2,1-2H3,(H,25,29)(H,26,30)(H,32,33)(H4,22,23,24). The lowest BCUT2D eigenvalue weighted by Crippen LogP contribution is -2.58. The van der Waals surface area contributed by atoms with Gasteiger partial charge in [-0.3, -0.25) is 19.4 Å². The van der Waals surface area contributed by atoms with Gasteiger partial charge in [0.1, 0.15) is 18.1 Å². The van der Waals surface area contributed by atoms with Gasteiger partial charge < -0.3 is 42.9 Å². The van der Waals surface area contributed by atoms with E-state index in [9.17, 15) is 29.4 Å². The van der Waals surface area contributed by atoms with Crippen molar-refractivity contribution >= 4 is 29.7 Å². The number of hydrogen-bond acceptors (Lipinski definition) is 7. The molecule has 13 heteroatoms. The first kappa shape index (κ1) is 28.1. The molecule has 10 N–H and O–H groups in total. The quantitative estimate of drug-likeness (QED) is 0.0850. The third-order valence-corrected chi connectivity index (χ3v) is 5.72.